The molecule has 0 spiro atoms. The highest BCUT2D eigenvalue weighted by molar-refractivity contribution is 5.77. The molecule has 1 unspecified atom stereocenters. The molecule has 6 heteroatoms. The van der Waals surface area contributed by atoms with Crippen molar-refractivity contribution >= 4 is 5.91 Å². The lowest BCUT2D eigenvalue weighted by molar-refractivity contribution is -0.123. The van der Waals surface area contributed by atoms with Gasteiger partial charge in [0.2, 0.25) is 0 Å². The minimum Gasteiger partial charge on any atom is -0.483 e. The number of nitrogens with zero attached hydrogens (tertiary/aromatic N) is 2. The Kier molecular flexibility index (Phi) is 5.34. The first kappa shape index (κ1) is 15.1. The predicted molar refractivity (Wildman–Crippen MR) is 79.7 cm³/mol. The van der Waals surface area contributed by atoms with Gasteiger partial charge in [-0.3, -0.25) is 4.79 Å². The average Bonchev–Trinajstić information content (AvgIpc) is 2.98. The van der Waals surface area contributed by atoms with Crippen LogP contribution in [0, 0.1) is 0 Å². The first-order valence-corrected chi connectivity index (χ1v) is 6.85. The summed E-state index contributed by atoms with van der Waals surface area (Å²) in [5.41, 5.74) is 6.51. The molecule has 1 amide bonds. The van der Waals surface area contributed by atoms with Crippen molar-refractivity contribution in [2.45, 2.75) is 26.1 Å². The monoisotopic (exact) mass is 288 g/mol. The SMILES string of the molecule is CC(Cn1ccnc1)NC(=O)COc1ccccc1CN. The number of carbonyl (C=O) groups is 1. The molecule has 0 bridgehead atoms. The Morgan fingerprint density at radius 2 is 2.29 bits per heavy atom. The molecule has 0 fully saturated rings. The summed E-state index contributed by atoms with van der Waals surface area (Å²) in [6.45, 7) is 2.97. The molecular weight excluding hydrogens is 268 g/mol. The molecular formula is C15H20N4O2. The van der Waals surface area contributed by atoms with Crippen LogP contribution in [0.15, 0.2) is 43.0 Å². The fraction of sp³-hybridized carbons (Fsp3) is 0.333. The molecule has 0 aliphatic rings. The Labute approximate surface area is 123 Å². The largest absolute Gasteiger partial charge is 0.483 e. The van der Waals surface area contributed by atoms with Gasteiger partial charge in [-0.1, -0.05) is 18.2 Å². The molecule has 2 aromatic rings. The van der Waals surface area contributed by atoms with E-state index in [-0.39, 0.29) is 18.6 Å². The highest BCUT2D eigenvalue weighted by atomic mass is 16.5. The Hall–Kier alpha value is -2.34. The van der Waals surface area contributed by atoms with Gasteiger partial charge in [-0.25, -0.2) is 4.98 Å². The average molecular weight is 288 g/mol. The Bertz CT molecular complexity index is 569. The lowest BCUT2D eigenvalue weighted by Crippen LogP contribution is -2.38. The van der Waals surface area contributed by atoms with E-state index < -0.39 is 0 Å². The van der Waals surface area contributed by atoms with Crippen LogP contribution >= 0.6 is 0 Å². The number of para-hydroxylation sites is 1. The summed E-state index contributed by atoms with van der Waals surface area (Å²) in [6, 6.07) is 7.44. The number of nitrogens with two attached hydrogens (primary N) is 1. The van der Waals surface area contributed by atoms with Crippen LogP contribution in [0.2, 0.25) is 0 Å². The number of rotatable bonds is 7. The summed E-state index contributed by atoms with van der Waals surface area (Å²) in [4.78, 5) is 15.8. The van der Waals surface area contributed by atoms with Crippen LogP contribution in [-0.4, -0.2) is 28.1 Å². The van der Waals surface area contributed by atoms with Gasteiger partial charge in [-0.05, 0) is 13.0 Å². The van der Waals surface area contributed by atoms with E-state index in [0.29, 0.717) is 18.8 Å². The molecule has 21 heavy (non-hydrogen) atoms. The van der Waals surface area contributed by atoms with Crippen molar-refractivity contribution in [2.75, 3.05) is 6.61 Å². The maximum absolute atomic E-state index is 11.9. The van der Waals surface area contributed by atoms with Crippen molar-refractivity contribution in [1.82, 2.24) is 14.9 Å². The van der Waals surface area contributed by atoms with Crippen molar-refractivity contribution < 1.29 is 9.53 Å². The summed E-state index contributed by atoms with van der Waals surface area (Å²) in [5.74, 6) is 0.492. The van der Waals surface area contributed by atoms with Crippen LogP contribution < -0.4 is 15.8 Å². The third-order valence-corrected chi connectivity index (χ3v) is 3.00. The van der Waals surface area contributed by atoms with Gasteiger partial charge >= 0.3 is 0 Å². The number of hydrogen-bond donors (Lipinski definition) is 2. The zero-order chi connectivity index (χ0) is 15.1. The number of imidazole rings is 1. The van der Waals surface area contributed by atoms with Crippen molar-refractivity contribution in [2.24, 2.45) is 5.73 Å². The van der Waals surface area contributed by atoms with E-state index >= 15 is 0 Å². The van der Waals surface area contributed by atoms with E-state index in [4.69, 9.17) is 10.5 Å². The fourth-order valence-corrected chi connectivity index (χ4v) is 2.03. The minimum absolute atomic E-state index is 0.0000484. The van der Waals surface area contributed by atoms with E-state index in [0.717, 1.165) is 5.56 Å². The van der Waals surface area contributed by atoms with Crippen LogP contribution in [0.5, 0.6) is 5.75 Å². The predicted octanol–water partition coefficient (Wildman–Crippen LogP) is 0.925. The minimum atomic E-state index is -0.158. The zero-order valence-electron chi connectivity index (χ0n) is 12.0. The van der Waals surface area contributed by atoms with Crippen LogP contribution in [0.3, 0.4) is 0 Å². The number of nitrogens with one attached hydrogen (secondary N) is 1. The second-order valence-corrected chi connectivity index (χ2v) is 4.83. The lowest BCUT2D eigenvalue weighted by Gasteiger charge is -2.15. The molecule has 0 saturated carbocycles. The van der Waals surface area contributed by atoms with Gasteiger partial charge in [0, 0.05) is 37.1 Å². The summed E-state index contributed by atoms with van der Waals surface area (Å²) in [5, 5.41) is 2.88. The maximum Gasteiger partial charge on any atom is 0.258 e. The molecule has 6 nitrogen and oxygen atoms in total. The first-order chi connectivity index (χ1) is 10.2. The number of hydrogen-bond acceptors (Lipinski definition) is 4. The molecule has 0 saturated heterocycles. The highest BCUT2D eigenvalue weighted by Gasteiger charge is 2.09. The van der Waals surface area contributed by atoms with Crippen LogP contribution in [0.1, 0.15) is 12.5 Å². The van der Waals surface area contributed by atoms with Gasteiger partial charge in [0.25, 0.3) is 5.91 Å². The number of amides is 1. The van der Waals surface area contributed by atoms with Crippen molar-refractivity contribution in [1.29, 1.82) is 0 Å². The highest BCUT2D eigenvalue weighted by Crippen LogP contribution is 2.16. The molecule has 1 aromatic heterocycles. The second kappa shape index (κ2) is 7.44. The maximum atomic E-state index is 11.9. The van der Waals surface area contributed by atoms with E-state index in [1.54, 1.807) is 12.5 Å². The Balaban J connectivity index is 1.79. The van der Waals surface area contributed by atoms with Gasteiger partial charge in [-0.15, -0.1) is 0 Å². The van der Waals surface area contributed by atoms with Crippen molar-refractivity contribution in [3.8, 4) is 5.75 Å². The molecule has 1 atom stereocenters. The third kappa shape index (κ3) is 4.61. The quantitative estimate of drug-likeness (QED) is 0.794. The summed E-state index contributed by atoms with van der Waals surface area (Å²) < 4.78 is 7.43. The lowest BCUT2D eigenvalue weighted by atomic mass is 10.2. The summed E-state index contributed by atoms with van der Waals surface area (Å²) in [7, 11) is 0. The number of carbonyl (C=O) groups excluding carboxylic acids is 1. The van der Waals surface area contributed by atoms with Crippen LogP contribution in [0.25, 0.3) is 0 Å². The van der Waals surface area contributed by atoms with E-state index in [1.807, 2.05) is 42.0 Å². The normalized spacial score (nSPS) is 11.9. The topological polar surface area (TPSA) is 82.2 Å². The molecule has 0 radical (unpaired) electrons. The second-order valence-electron chi connectivity index (χ2n) is 4.83. The number of benzene rings is 1. The van der Waals surface area contributed by atoms with Gasteiger partial charge in [0.15, 0.2) is 6.61 Å². The van der Waals surface area contributed by atoms with Crippen LogP contribution in [-0.2, 0) is 17.9 Å². The molecule has 1 aromatic carbocycles. The van der Waals surface area contributed by atoms with E-state index in [1.165, 1.54) is 0 Å². The third-order valence-electron chi connectivity index (χ3n) is 3.00. The zero-order valence-corrected chi connectivity index (χ0v) is 12.0. The molecule has 2 rings (SSSR count). The number of aromatic nitrogens is 2. The smallest absolute Gasteiger partial charge is 0.258 e. The number of ether oxygens (including phenoxy) is 1. The van der Waals surface area contributed by atoms with Crippen molar-refractivity contribution in [3.63, 3.8) is 0 Å². The molecule has 0 aliphatic carbocycles. The standard InChI is InChI=1S/C15H20N4O2/c1-12(9-19-7-6-17-11-19)18-15(20)10-21-14-5-3-2-4-13(14)8-16/h2-7,11-12H,8-10,16H2,1H3,(H,18,20). The van der Waals surface area contributed by atoms with Gasteiger partial charge in [0.1, 0.15) is 5.75 Å². The Morgan fingerprint density at radius 1 is 1.48 bits per heavy atom. The molecule has 3 N–H and O–H groups in total. The van der Waals surface area contributed by atoms with E-state index in [2.05, 4.69) is 10.3 Å². The van der Waals surface area contributed by atoms with Crippen LogP contribution in [0.4, 0.5) is 0 Å². The summed E-state index contributed by atoms with van der Waals surface area (Å²) in [6.07, 6.45) is 5.29. The molecule has 112 valence electrons. The summed E-state index contributed by atoms with van der Waals surface area (Å²) >= 11 is 0. The van der Waals surface area contributed by atoms with Gasteiger partial charge in [0.05, 0.1) is 6.33 Å². The van der Waals surface area contributed by atoms with Gasteiger partial charge < -0.3 is 20.4 Å². The fourth-order valence-electron chi connectivity index (χ4n) is 2.03. The van der Waals surface area contributed by atoms with Gasteiger partial charge in [-0.2, -0.15) is 0 Å². The Morgan fingerprint density at radius 3 is 3.00 bits per heavy atom. The molecule has 0 aliphatic heterocycles. The van der Waals surface area contributed by atoms with Crippen molar-refractivity contribution in [3.05, 3.63) is 48.5 Å². The van der Waals surface area contributed by atoms with E-state index in [9.17, 15) is 4.79 Å². The molecule has 1 heterocycles. The first-order valence-electron chi connectivity index (χ1n) is 6.85.